The number of hydrogen-bond acceptors (Lipinski definition) is 6. The fourth-order valence-electron chi connectivity index (χ4n) is 8.52. The van der Waals surface area contributed by atoms with Crippen molar-refractivity contribution < 1.29 is 27.2 Å². The molecule has 6 fully saturated rings. The smallest absolute Gasteiger partial charge is 0.264 e. The first-order chi connectivity index (χ1) is 13.6. The maximum Gasteiger partial charge on any atom is 0.264 e. The van der Waals surface area contributed by atoms with Gasteiger partial charge in [0.25, 0.3) is 10.1 Å². The molecule has 8 atom stereocenters. The Hall–Kier alpha value is -0.760. The molecular weight excluding hydrogens is 392 g/mol. The molecule has 162 valence electrons. The van der Waals surface area contributed by atoms with Crippen LogP contribution in [0.4, 0.5) is 0 Å². The van der Waals surface area contributed by atoms with Gasteiger partial charge in [-0.2, -0.15) is 8.42 Å². The van der Waals surface area contributed by atoms with Crippen LogP contribution >= 0.6 is 0 Å². The number of ketones is 1. The molecule has 5 saturated carbocycles. The predicted octanol–water partition coefficient (Wildman–Crippen LogP) is 2.32. The number of aliphatic hydroxyl groups excluding tert-OH is 1. The lowest BCUT2D eigenvalue weighted by molar-refractivity contribution is -0.293. The van der Waals surface area contributed by atoms with Gasteiger partial charge in [-0.25, -0.2) is 0 Å². The van der Waals surface area contributed by atoms with Gasteiger partial charge in [-0.15, -0.1) is 0 Å². The van der Waals surface area contributed by atoms with Crippen LogP contribution in [0.5, 0.6) is 0 Å². The number of aliphatic hydroxyl groups is 1. The summed E-state index contributed by atoms with van der Waals surface area (Å²) in [5.41, 5.74) is -0.557. The van der Waals surface area contributed by atoms with E-state index >= 15 is 0 Å². The van der Waals surface area contributed by atoms with Crippen LogP contribution in [-0.2, 0) is 23.8 Å². The van der Waals surface area contributed by atoms with Crippen LogP contribution in [0, 0.1) is 39.9 Å². The van der Waals surface area contributed by atoms with Crippen LogP contribution in [0.2, 0.25) is 0 Å². The first-order valence-corrected chi connectivity index (χ1v) is 12.7. The van der Waals surface area contributed by atoms with Gasteiger partial charge < -0.3 is 9.84 Å². The molecule has 1 saturated heterocycles. The van der Waals surface area contributed by atoms with Crippen LogP contribution in [0.25, 0.3) is 0 Å². The van der Waals surface area contributed by atoms with Crippen molar-refractivity contribution in [1.82, 2.24) is 0 Å². The Balaban J connectivity index is 1.67. The number of fused-ring (bicyclic) bond motifs is 2. The summed E-state index contributed by atoms with van der Waals surface area (Å²) in [4.78, 5) is 13.6. The topological polar surface area (TPSA) is 89.9 Å². The summed E-state index contributed by atoms with van der Waals surface area (Å²) in [5.74, 6) is -0.0314. The zero-order chi connectivity index (χ0) is 20.8. The van der Waals surface area contributed by atoms with Crippen molar-refractivity contribution in [3.8, 4) is 0 Å². The fourth-order valence-corrected chi connectivity index (χ4v) is 8.93. The van der Waals surface area contributed by atoms with E-state index in [9.17, 15) is 18.3 Å². The summed E-state index contributed by atoms with van der Waals surface area (Å²) < 4.78 is 35.1. The van der Waals surface area contributed by atoms with E-state index in [0.717, 1.165) is 38.4 Å². The lowest BCUT2D eigenvalue weighted by Crippen LogP contribution is -2.75. The van der Waals surface area contributed by atoms with Crippen molar-refractivity contribution in [2.75, 3.05) is 26.1 Å². The normalized spacial score (nSPS) is 51.5. The Morgan fingerprint density at radius 1 is 1.28 bits per heavy atom. The van der Waals surface area contributed by atoms with Crippen molar-refractivity contribution in [2.45, 2.75) is 51.6 Å². The number of carbonyl (C=O) groups is 1. The molecule has 1 aliphatic heterocycles. The average Bonchev–Trinajstić information content (AvgIpc) is 2.64. The van der Waals surface area contributed by atoms with Crippen molar-refractivity contribution in [2.24, 2.45) is 39.9 Å². The van der Waals surface area contributed by atoms with E-state index in [1.807, 2.05) is 0 Å². The van der Waals surface area contributed by atoms with E-state index in [-0.39, 0.29) is 41.0 Å². The van der Waals surface area contributed by atoms with Crippen LogP contribution in [0.15, 0.2) is 12.2 Å². The summed E-state index contributed by atoms with van der Waals surface area (Å²) in [7, 11) is -3.65. The molecule has 29 heavy (non-hydrogen) atoms. The first-order valence-electron chi connectivity index (χ1n) is 10.9. The van der Waals surface area contributed by atoms with Crippen LogP contribution < -0.4 is 0 Å². The highest BCUT2D eigenvalue weighted by atomic mass is 32.2. The van der Waals surface area contributed by atoms with Crippen molar-refractivity contribution >= 4 is 15.9 Å². The number of hydrogen-bond donors (Lipinski definition) is 1. The number of Topliss-reactive ketones (excluding diaryl/α,β-unsaturated/α-hetero) is 1. The Bertz CT molecular complexity index is 853. The molecule has 0 aromatic heterocycles. The van der Waals surface area contributed by atoms with Crippen molar-refractivity contribution in [1.29, 1.82) is 0 Å². The van der Waals surface area contributed by atoms with E-state index in [1.54, 1.807) is 0 Å². The molecule has 1 spiro atoms. The highest BCUT2D eigenvalue weighted by molar-refractivity contribution is 7.85. The maximum atomic E-state index is 13.6. The SMILES string of the molecule is C=C1C(=O)[C@]23CC[C@H]1CC2[C@@]12CCC[C@@](C)(COC1)C2[C@H](COS(C)(=O)=O)[C@H]3O. The standard InChI is InChI=1S/C22H32O6S/c1-13-14-5-8-22(18(13)23)16(9-14)21-7-4-6-20(2,11-27-12-21)17(21)15(19(22)24)10-28-29(3,25)26/h14-17,19,24H,1,4-12H2,2-3H3/t14-,15-,16?,17?,19+,20-,21+,22-/m0/s1. The van der Waals surface area contributed by atoms with E-state index in [1.165, 1.54) is 0 Å². The minimum Gasteiger partial charge on any atom is -0.392 e. The molecule has 4 bridgehead atoms. The molecule has 0 aromatic carbocycles. The quantitative estimate of drug-likeness (QED) is 0.552. The van der Waals surface area contributed by atoms with E-state index in [0.29, 0.717) is 25.2 Å². The lowest BCUT2D eigenvalue weighted by Gasteiger charge is -2.72. The summed E-state index contributed by atoms with van der Waals surface area (Å²) >= 11 is 0. The Morgan fingerprint density at radius 2 is 2.03 bits per heavy atom. The van der Waals surface area contributed by atoms with Crippen molar-refractivity contribution in [3.63, 3.8) is 0 Å². The third-order valence-electron chi connectivity index (χ3n) is 9.35. The van der Waals surface area contributed by atoms with Crippen LogP contribution in [0.3, 0.4) is 0 Å². The summed E-state index contributed by atoms with van der Waals surface area (Å²) in [5, 5.41) is 11.8. The number of ether oxygens (including phenoxy) is 1. The lowest BCUT2D eigenvalue weighted by atomic mass is 9.33. The van der Waals surface area contributed by atoms with Gasteiger partial charge >= 0.3 is 0 Å². The molecule has 1 heterocycles. The maximum absolute atomic E-state index is 13.6. The summed E-state index contributed by atoms with van der Waals surface area (Å²) in [6, 6.07) is 0. The highest BCUT2D eigenvalue weighted by Gasteiger charge is 2.74. The number of carbonyl (C=O) groups excluding carboxylic acids is 1. The van der Waals surface area contributed by atoms with E-state index in [2.05, 4.69) is 13.5 Å². The summed E-state index contributed by atoms with van der Waals surface area (Å²) in [6.07, 6.45) is 5.59. The minimum absolute atomic E-state index is 0.00697. The van der Waals surface area contributed by atoms with Gasteiger partial charge in [0.15, 0.2) is 5.78 Å². The van der Waals surface area contributed by atoms with Gasteiger partial charge in [0.05, 0.1) is 37.6 Å². The minimum atomic E-state index is -3.65. The van der Waals surface area contributed by atoms with Crippen molar-refractivity contribution in [3.05, 3.63) is 12.2 Å². The average molecular weight is 425 g/mol. The van der Waals surface area contributed by atoms with Crippen LogP contribution in [-0.4, -0.2) is 51.5 Å². The van der Waals surface area contributed by atoms with Crippen LogP contribution in [0.1, 0.15) is 45.4 Å². The zero-order valence-corrected chi connectivity index (χ0v) is 18.2. The number of rotatable bonds is 3. The monoisotopic (exact) mass is 424 g/mol. The zero-order valence-electron chi connectivity index (χ0n) is 17.4. The molecule has 6 nitrogen and oxygen atoms in total. The van der Waals surface area contributed by atoms with Gasteiger partial charge in [-0.3, -0.25) is 8.98 Å². The van der Waals surface area contributed by atoms with Gasteiger partial charge in [0, 0.05) is 11.3 Å². The molecule has 2 unspecified atom stereocenters. The highest BCUT2D eigenvalue weighted by Crippen LogP contribution is 2.73. The molecule has 7 heteroatoms. The van der Waals surface area contributed by atoms with E-state index < -0.39 is 27.6 Å². The molecule has 1 N–H and O–H groups in total. The van der Waals surface area contributed by atoms with E-state index in [4.69, 9.17) is 8.92 Å². The molecular formula is C22H32O6S. The third kappa shape index (κ3) is 2.50. The number of allylic oxidation sites excluding steroid dienone is 1. The largest absolute Gasteiger partial charge is 0.392 e. The summed E-state index contributed by atoms with van der Waals surface area (Å²) in [6.45, 7) is 7.44. The predicted molar refractivity (Wildman–Crippen MR) is 106 cm³/mol. The molecule has 5 aliphatic carbocycles. The van der Waals surface area contributed by atoms with Gasteiger partial charge in [0.2, 0.25) is 0 Å². The molecule has 0 aromatic rings. The second-order valence-corrected chi connectivity index (χ2v) is 12.4. The first kappa shape index (κ1) is 20.2. The second-order valence-electron chi connectivity index (χ2n) is 10.7. The molecule has 6 rings (SSSR count). The molecule has 0 radical (unpaired) electrons. The molecule has 0 amide bonds. The second kappa shape index (κ2) is 6.15. The Kier molecular flexibility index (Phi) is 4.27. The Labute approximate surface area is 173 Å². The Morgan fingerprint density at radius 3 is 2.76 bits per heavy atom. The molecule has 6 aliphatic rings. The van der Waals surface area contributed by atoms with Gasteiger partial charge in [-0.1, -0.05) is 19.9 Å². The van der Waals surface area contributed by atoms with Gasteiger partial charge in [-0.05, 0) is 60.8 Å². The third-order valence-corrected chi connectivity index (χ3v) is 9.91. The van der Waals surface area contributed by atoms with Gasteiger partial charge in [0.1, 0.15) is 0 Å². The fraction of sp³-hybridized carbons (Fsp3) is 0.864.